The second-order valence-corrected chi connectivity index (χ2v) is 5.51. The lowest BCUT2D eigenvalue weighted by atomic mass is 10.1. The molecule has 6 nitrogen and oxygen atoms in total. The lowest BCUT2D eigenvalue weighted by Crippen LogP contribution is -2.44. The first-order chi connectivity index (χ1) is 11.7. The molecule has 1 aliphatic heterocycles. The Labute approximate surface area is 139 Å². The molecular weight excluding hydrogens is 313 g/mol. The molecule has 7 heteroatoms. The summed E-state index contributed by atoms with van der Waals surface area (Å²) in [6, 6.07) is 6.00. The van der Waals surface area contributed by atoms with Gasteiger partial charge in [-0.1, -0.05) is 12.1 Å². The number of aromatic nitrogens is 2. The van der Waals surface area contributed by atoms with Crippen LogP contribution in [0, 0.1) is 5.82 Å². The number of ether oxygens (including phenoxy) is 2. The highest BCUT2D eigenvalue weighted by atomic mass is 19.1. The van der Waals surface area contributed by atoms with Gasteiger partial charge in [0.15, 0.2) is 0 Å². The van der Waals surface area contributed by atoms with E-state index in [1.807, 2.05) is 0 Å². The maximum absolute atomic E-state index is 13.8. The van der Waals surface area contributed by atoms with E-state index in [9.17, 15) is 9.18 Å². The van der Waals surface area contributed by atoms with E-state index >= 15 is 0 Å². The molecule has 0 aliphatic carbocycles. The van der Waals surface area contributed by atoms with Crippen LogP contribution in [-0.4, -0.2) is 47.1 Å². The number of methoxy groups -OCH3 is 1. The van der Waals surface area contributed by atoms with Crippen molar-refractivity contribution in [2.24, 2.45) is 0 Å². The third-order valence-electron chi connectivity index (χ3n) is 3.86. The number of hydrogen-bond acceptors (Lipinski definition) is 5. The molecule has 1 unspecified atom stereocenters. The molecular formula is C17H18FN3O3. The molecule has 1 aromatic heterocycles. The van der Waals surface area contributed by atoms with Gasteiger partial charge in [0.1, 0.15) is 11.9 Å². The van der Waals surface area contributed by atoms with E-state index in [1.165, 1.54) is 31.6 Å². The number of rotatable bonds is 4. The molecule has 1 amide bonds. The van der Waals surface area contributed by atoms with Crippen LogP contribution in [0.1, 0.15) is 23.2 Å². The fourth-order valence-corrected chi connectivity index (χ4v) is 2.68. The van der Waals surface area contributed by atoms with Crippen LogP contribution in [0.5, 0.6) is 11.8 Å². The highest BCUT2D eigenvalue weighted by molar-refractivity contribution is 5.94. The molecule has 1 fully saturated rings. The van der Waals surface area contributed by atoms with Crippen molar-refractivity contribution in [3.63, 3.8) is 0 Å². The van der Waals surface area contributed by atoms with Gasteiger partial charge in [0, 0.05) is 6.54 Å². The van der Waals surface area contributed by atoms with E-state index in [1.54, 1.807) is 17.0 Å². The van der Waals surface area contributed by atoms with Crippen LogP contribution in [0.25, 0.3) is 0 Å². The van der Waals surface area contributed by atoms with Gasteiger partial charge in [-0.3, -0.25) is 9.78 Å². The summed E-state index contributed by atoms with van der Waals surface area (Å²) in [5, 5.41) is 0. The third kappa shape index (κ3) is 3.61. The quantitative estimate of drug-likeness (QED) is 0.860. The molecule has 0 bridgehead atoms. The maximum Gasteiger partial charge on any atom is 0.256 e. The smallest absolute Gasteiger partial charge is 0.256 e. The largest absolute Gasteiger partial charge is 0.480 e. The minimum Gasteiger partial charge on any atom is -0.480 e. The van der Waals surface area contributed by atoms with Crippen LogP contribution < -0.4 is 9.47 Å². The normalized spacial score (nSPS) is 17.4. The highest BCUT2D eigenvalue weighted by Crippen LogP contribution is 2.20. The SMILES string of the molecule is COc1cncc(OC2CCCN(C(=O)c3ccccc3F)C2)n1. The van der Waals surface area contributed by atoms with Crippen molar-refractivity contribution < 1.29 is 18.7 Å². The Kier molecular flexibility index (Phi) is 4.88. The third-order valence-corrected chi connectivity index (χ3v) is 3.86. The van der Waals surface area contributed by atoms with E-state index in [2.05, 4.69) is 9.97 Å². The zero-order valence-electron chi connectivity index (χ0n) is 13.3. The van der Waals surface area contributed by atoms with Gasteiger partial charge in [-0.05, 0) is 25.0 Å². The minimum atomic E-state index is -0.510. The standard InChI is InChI=1S/C17H18FN3O3/c1-23-15-9-19-10-16(20-15)24-12-5-4-8-21(11-12)17(22)13-6-2-3-7-14(13)18/h2-3,6-7,9-10,12H,4-5,8,11H2,1H3. The average molecular weight is 331 g/mol. The van der Waals surface area contributed by atoms with Crippen LogP contribution in [0.4, 0.5) is 4.39 Å². The predicted molar refractivity (Wildman–Crippen MR) is 84.5 cm³/mol. The molecule has 1 aromatic carbocycles. The van der Waals surface area contributed by atoms with E-state index in [4.69, 9.17) is 9.47 Å². The molecule has 24 heavy (non-hydrogen) atoms. The molecule has 0 radical (unpaired) electrons. The van der Waals surface area contributed by atoms with E-state index in [0.29, 0.717) is 24.8 Å². The Balaban J connectivity index is 1.68. The van der Waals surface area contributed by atoms with Gasteiger partial charge >= 0.3 is 0 Å². The fraction of sp³-hybridized carbons (Fsp3) is 0.353. The Bertz CT molecular complexity index is 726. The molecule has 126 valence electrons. The number of halogens is 1. The summed E-state index contributed by atoms with van der Waals surface area (Å²) >= 11 is 0. The Morgan fingerprint density at radius 3 is 2.88 bits per heavy atom. The van der Waals surface area contributed by atoms with Gasteiger partial charge in [-0.15, -0.1) is 0 Å². The number of carbonyl (C=O) groups excluding carboxylic acids is 1. The lowest BCUT2D eigenvalue weighted by Gasteiger charge is -2.32. The summed E-state index contributed by atoms with van der Waals surface area (Å²) < 4.78 is 24.6. The number of amides is 1. The van der Waals surface area contributed by atoms with Crippen molar-refractivity contribution in [2.45, 2.75) is 18.9 Å². The number of likely N-dealkylation sites (tertiary alicyclic amines) is 1. The zero-order valence-corrected chi connectivity index (χ0v) is 13.3. The van der Waals surface area contributed by atoms with Crippen molar-refractivity contribution in [3.8, 4) is 11.8 Å². The summed E-state index contributed by atoms with van der Waals surface area (Å²) in [6.45, 7) is 0.961. The molecule has 1 atom stereocenters. The predicted octanol–water partition coefficient (Wildman–Crippen LogP) is 2.31. The lowest BCUT2D eigenvalue weighted by molar-refractivity contribution is 0.0521. The molecule has 2 heterocycles. The van der Waals surface area contributed by atoms with Crippen LogP contribution in [-0.2, 0) is 0 Å². The Morgan fingerprint density at radius 1 is 1.29 bits per heavy atom. The second-order valence-electron chi connectivity index (χ2n) is 5.51. The molecule has 1 aliphatic rings. The topological polar surface area (TPSA) is 64.6 Å². The first-order valence-electron chi connectivity index (χ1n) is 7.74. The van der Waals surface area contributed by atoms with Crippen molar-refractivity contribution in [1.82, 2.24) is 14.9 Å². The number of piperidine rings is 1. The molecule has 1 saturated heterocycles. The first-order valence-corrected chi connectivity index (χ1v) is 7.74. The molecule has 0 saturated carbocycles. The van der Waals surface area contributed by atoms with E-state index in [0.717, 1.165) is 12.8 Å². The van der Waals surface area contributed by atoms with Crippen LogP contribution in [0.2, 0.25) is 0 Å². The summed E-state index contributed by atoms with van der Waals surface area (Å²) in [5.41, 5.74) is 0.0827. The van der Waals surface area contributed by atoms with Crippen molar-refractivity contribution in [2.75, 3.05) is 20.2 Å². The van der Waals surface area contributed by atoms with Crippen molar-refractivity contribution >= 4 is 5.91 Å². The summed E-state index contributed by atoms with van der Waals surface area (Å²) in [7, 11) is 1.50. The van der Waals surface area contributed by atoms with Crippen molar-refractivity contribution in [3.05, 3.63) is 48.0 Å². The highest BCUT2D eigenvalue weighted by Gasteiger charge is 2.27. The second kappa shape index (κ2) is 7.25. The number of carbonyl (C=O) groups is 1. The summed E-state index contributed by atoms with van der Waals surface area (Å²) in [6.07, 6.45) is 4.35. The molecule has 2 aromatic rings. The van der Waals surface area contributed by atoms with Gasteiger partial charge in [0.05, 0.1) is 31.6 Å². The number of nitrogens with zero attached hydrogens (tertiary/aromatic N) is 3. The molecule has 0 spiro atoms. The average Bonchev–Trinajstić information content (AvgIpc) is 2.62. The number of benzene rings is 1. The van der Waals surface area contributed by atoms with Crippen LogP contribution >= 0.6 is 0 Å². The monoisotopic (exact) mass is 331 g/mol. The van der Waals surface area contributed by atoms with Crippen molar-refractivity contribution in [1.29, 1.82) is 0 Å². The summed E-state index contributed by atoms with van der Waals surface area (Å²) in [4.78, 5) is 22.3. The van der Waals surface area contributed by atoms with E-state index in [-0.39, 0.29) is 17.6 Å². The van der Waals surface area contributed by atoms with Gasteiger partial charge in [-0.25, -0.2) is 4.39 Å². The first kappa shape index (κ1) is 16.2. The van der Waals surface area contributed by atoms with Crippen LogP contribution in [0.15, 0.2) is 36.7 Å². The Hall–Kier alpha value is -2.70. The summed E-state index contributed by atoms with van der Waals surface area (Å²) in [5.74, 6) is -0.121. The molecule has 3 rings (SSSR count). The maximum atomic E-state index is 13.8. The molecule has 0 N–H and O–H groups in total. The number of hydrogen-bond donors (Lipinski definition) is 0. The van der Waals surface area contributed by atoms with Gasteiger partial charge in [-0.2, -0.15) is 4.98 Å². The zero-order chi connectivity index (χ0) is 16.9. The van der Waals surface area contributed by atoms with Gasteiger partial charge in [0.2, 0.25) is 11.8 Å². The van der Waals surface area contributed by atoms with Gasteiger partial charge < -0.3 is 14.4 Å². The Morgan fingerprint density at radius 2 is 2.08 bits per heavy atom. The van der Waals surface area contributed by atoms with Crippen LogP contribution in [0.3, 0.4) is 0 Å². The van der Waals surface area contributed by atoms with Gasteiger partial charge in [0.25, 0.3) is 5.91 Å². The minimum absolute atomic E-state index is 0.0827. The van der Waals surface area contributed by atoms with E-state index < -0.39 is 5.82 Å². The fourth-order valence-electron chi connectivity index (χ4n) is 2.68.